The van der Waals surface area contributed by atoms with Gasteiger partial charge >= 0.3 is 0 Å². The van der Waals surface area contributed by atoms with Gasteiger partial charge in [0.2, 0.25) is 0 Å². The van der Waals surface area contributed by atoms with Crippen LogP contribution >= 0.6 is 15.9 Å². The molecule has 0 spiro atoms. The van der Waals surface area contributed by atoms with E-state index >= 15 is 0 Å². The summed E-state index contributed by atoms with van der Waals surface area (Å²) in [7, 11) is 0. The summed E-state index contributed by atoms with van der Waals surface area (Å²) in [6.07, 6.45) is 3.12. The first-order chi connectivity index (χ1) is 7.10. The summed E-state index contributed by atoms with van der Waals surface area (Å²) in [6.45, 7) is 1.75. The van der Waals surface area contributed by atoms with Crippen molar-refractivity contribution in [3.8, 4) is 0 Å². The Kier molecular flexibility index (Phi) is 2.67. The lowest BCUT2D eigenvalue weighted by atomic mass is 9.90. The highest BCUT2D eigenvalue weighted by molar-refractivity contribution is 9.10. The van der Waals surface area contributed by atoms with Crippen molar-refractivity contribution in [1.82, 2.24) is 0 Å². The van der Waals surface area contributed by atoms with Gasteiger partial charge in [0.15, 0.2) is 0 Å². The molecule has 0 saturated heterocycles. The van der Waals surface area contributed by atoms with Crippen LogP contribution in [0.1, 0.15) is 18.1 Å². The molecule has 0 aliphatic heterocycles. The maximum Gasteiger partial charge on any atom is 0.115 e. The van der Waals surface area contributed by atoms with Crippen LogP contribution in [0.5, 0.6) is 0 Å². The molecule has 0 fully saturated rings. The Hall–Kier alpha value is -1.06. The van der Waals surface area contributed by atoms with E-state index in [9.17, 15) is 5.11 Å². The highest BCUT2D eigenvalue weighted by atomic mass is 79.9. The van der Waals surface area contributed by atoms with Crippen molar-refractivity contribution < 1.29 is 9.52 Å². The quantitative estimate of drug-likeness (QED) is 0.905. The third-order valence-electron chi connectivity index (χ3n) is 2.49. The third kappa shape index (κ3) is 1.98. The van der Waals surface area contributed by atoms with E-state index in [1.54, 1.807) is 25.5 Å². The van der Waals surface area contributed by atoms with Crippen LogP contribution in [0.4, 0.5) is 0 Å². The van der Waals surface area contributed by atoms with E-state index in [1.807, 2.05) is 24.3 Å². The lowest BCUT2D eigenvalue weighted by Crippen LogP contribution is -2.21. The van der Waals surface area contributed by atoms with Crippen molar-refractivity contribution in [2.45, 2.75) is 12.5 Å². The van der Waals surface area contributed by atoms with Crippen LogP contribution in [0.15, 0.2) is 51.7 Å². The van der Waals surface area contributed by atoms with Crippen molar-refractivity contribution in [2.75, 3.05) is 0 Å². The first-order valence-corrected chi connectivity index (χ1v) is 5.41. The molecule has 1 aromatic heterocycles. The highest BCUT2D eigenvalue weighted by Gasteiger charge is 2.26. The van der Waals surface area contributed by atoms with Gasteiger partial charge in [-0.25, -0.2) is 0 Å². The number of rotatable bonds is 2. The lowest BCUT2D eigenvalue weighted by molar-refractivity contribution is 0.101. The molecule has 1 atom stereocenters. The maximum absolute atomic E-state index is 10.4. The van der Waals surface area contributed by atoms with Crippen molar-refractivity contribution >= 4 is 15.9 Å². The first-order valence-electron chi connectivity index (χ1n) is 4.62. The zero-order valence-electron chi connectivity index (χ0n) is 8.27. The monoisotopic (exact) mass is 266 g/mol. The number of hydrogen-bond acceptors (Lipinski definition) is 2. The summed E-state index contributed by atoms with van der Waals surface area (Å²) in [5, 5.41) is 10.4. The molecule has 15 heavy (non-hydrogen) atoms. The molecule has 1 heterocycles. The van der Waals surface area contributed by atoms with Gasteiger partial charge in [0.05, 0.1) is 12.5 Å². The van der Waals surface area contributed by atoms with Gasteiger partial charge in [0, 0.05) is 10.0 Å². The molecule has 2 aromatic rings. The van der Waals surface area contributed by atoms with E-state index in [2.05, 4.69) is 15.9 Å². The Morgan fingerprint density at radius 3 is 2.33 bits per heavy atom. The first kappa shape index (κ1) is 10.5. The molecule has 0 saturated carbocycles. The summed E-state index contributed by atoms with van der Waals surface area (Å²) in [4.78, 5) is 0. The van der Waals surface area contributed by atoms with Crippen LogP contribution in [0.3, 0.4) is 0 Å². The van der Waals surface area contributed by atoms with Crippen LogP contribution in [0.2, 0.25) is 0 Å². The molecule has 78 valence electrons. The zero-order chi connectivity index (χ0) is 10.9. The van der Waals surface area contributed by atoms with E-state index in [0.717, 1.165) is 15.6 Å². The smallest absolute Gasteiger partial charge is 0.115 e. The molecular weight excluding hydrogens is 256 g/mol. The van der Waals surface area contributed by atoms with Crippen molar-refractivity contribution in [1.29, 1.82) is 0 Å². The summed E-state index contributed by atoms with van der Waals surface area (Å²) in [6, 6.07) is 9.35. The molecule has 1 unspecified atom stereocenters. The molecule has 1 aromatic carbocycles. The van der Waals surface area contributed by atoms with Gasteiger partial charge in [-0.15, -0.1) is 0 Å². The van der Waals surface area contributed by atoms with Gasteiger partial charge in [-0.2, -0.15) is 0 Å². The average molecular weight is 267 g/mol. The Bertz CT molecular complexity index is 429. The van der Waals surface area contributed by atoms with E-state index in [-0.39, 0.29) is 0 Å². The fourth-order valence-electron chi connectivity index (χ4n) is 1.48. The number of benzene rings is 1. The molecular formula is C12H11BrO2. The lowest BCUT2D eigenvalue weighted by Gasteiger charge is -2.22. The van der Waals surface area contributed by atoms with Crippen LogP contribution in [-0.4, -0.2) is 5.11 Å². The molecule has 1 N–H and O–H groups in total. The van der Waals surface area contributed by atoms with Crippen LogP contribution < -0.4 is 0 Å². The summed E-state index contributed by atoms with van der Waals surface area (Å²) in [5.41, 5.74) is 0.588. The van der Waals surface area contributed by atoms with Gasteiger partial charge < -0.3 is 9.52 Å². The molecule has 3 heteroatoms. The number of aliphatic hydroxyl groups is 1. The second-order valence-corrected chi connectivity index (χ2v) is 4.51. The van der Waals surface area contributed by atoms with Crippen LogP contribution in [-0.2, 0) is 5.60 Å². The summed E-state index contributed by atoms with van der Waals surface area (Å²) in [5.74, 6) is 0. The Morgan fingerprint density at radius 2 is 1.80 bits per heavy atom. The standard InChI is InChI=1S/C12H11BrO2/c1-12(14,10-6-7-15-8-10)9-2-4-11(13)5-3-9/h2-8,14H,1H3. The highest BCUT2D eigenvalue weighted by Crippen LogP contribution is 2.29. The third-order valence-corrected chi connectivity index (χ3v) is 3.02. The Balaban J connectivity index is 2.41. The minimum absolute atomic E-state index is 0.754. The van der Waals surface area contributed by atoms with E-state index in [4.69, 9.17) is 4.42 Å². The second kappa shape index (κ2) is 3.83. The number of hydrogen-bond donors (Lipinski definition) is 1. The largest absolute Gasteiger partial charge is 0.472 e. The predicted molar refractivity (Wildman–Crippen MR) is 61.5 cm³/mol. The minimum atomic E-state index is -1.01. The van der Waals surface area contributed by atoms with Gasteiger partial charge in [0.1, 0.15) is 5.60 Å². The van der Waals surface area contributed by atoms with E-state index in [1.165, 1.54) is 0 Å². The SMILES string of the molecule is CC(O)(c1ccc(Br)cc1)c1ccoc1. The van der Waals surface area contributed by atoms with Gasteiger partial charge in [0.25, 0.3) is 0 Å². The van der Waals surface area contributed by atoms with Crippen molar-refractivity contribution in [3.63, 3.8) is 0 Å². The molecule has 0 amide bonds. The predicted octanol–water partition coefficient (Wildman–Crippen LogP) is 3.30. The average Bonchev–Trinajstić information content (AvgIpc) is 2.71. The van der Waals surface area contributed by atoms with Crippen LogP contribution in [0.25, 0.3) is 0 Å². The molecule has 0 aliphatic carbocycles. The normalized spacial score (nSPS) is 14.9. The van der Waals surface area contributed by atoms with Gasteiger partial charge in [-0.3, -0.25) is 0 Å². The fourth-order valence-corrected chi connectivity index (χ4v) is 1.75. The zero-order valence-corrected chi connectivity index (χ0v) is 9.86. The van der Waals surface area contributed by atoms with Crippen molar-refractivity contribution in [3.05, 3.63) is 58.5 Å². The summed E-state index contributed by atoms with van der Waals surface area (Å²) >= 11 is 3.36. The minimum Gasteiger partial charge on any atom is -0.472 e. The number of furan rings is 1. The van der Waals surface area contributed by atoms with E-state index in [0.29, 0.717) is 0 Å². The molecule has 0 radical (unpaired) electrons. The van der Waals surface area contributed by atoms with Gasteiger partial charge in [-0.1, -0.05) is 28.1 Å². The Morgan fingerprint density at radius 1 is 1.13 bits per heavy atom. The van der Waals surface area contributed by atoms with E-state index < -0.39 is 5.60 Å². The molecule has 0 aliphatic rings. The molecule has 0 bridgehead atoms. The second-order valence-electron chi connectivity index (χ2n) is 3.59. The maximum atomic E-state index is 10.4. The topological polar surface area (TPSA) is 33.4 Å². The Labute approximate surface area is 96.7 Å². The molecule has 2 rings (SSSR count). The van der Waals surface area contributed by atoms with Crippen molar-refractivity contribution in [2.24, 2.45) is 0 Å². The van der Waals surface area contributed by atoms with Crippen LogP contribution in [0, 0.1) is 0 Å². The van der Waals surface area contributed by atoms with Gasteiger partial charge in [-0.05, 0) is 30.7 Å². The molecule has 2 nitrogen and oxygen atoms in total. The number of halogens is 1. The fraction of sp³-hybridized carbons (Fsp3) is 0.167. The summed E-state index contributed by atoms with van der Waals surface area (Å²) < 4.78 is 5.97.